The van der Waals surface area contributed by atoms with Crippen molar-refractivity contribution in [2.45, 2.75) is 34.1 Å². The van der Waals surface area contributed by atoms with Gasteiger partial charge in [-0.25, -0.2) is 0 Å². The van der Waals surface area contributed by atoms with Crippen molar-refractivity contribution in [3.8, 4) is 5.75 Å². The Kier molecular flexibility index (Phi) is 4.36. The van der Waals surface area contributed by atoms with Gasteiger partial charge >= 0.3 is 0 Å². The van der Waals surface area contributed by atoms with Crippen LogP contribution in [0.4, 0.5) is 0 Å². The van der Waals surface area contributed by atoms with Gasteiger partial charge in [0.25, 0.3) is 0 Å². The molecule has 0 heterocycles. The van der Waals surface area contributed by atoms with E-state index in [-0.39, 0.29) is 0 Å². The van der Waals surface area contributed by atoms with Crippen LogP contribution in [0.3, 0.4) is 0 Å². The molecule has 0 amide bonds. The fraction of sp³-hybridized carbons (Fsp3) is 0.333. The number of fused-ring (bicyclic) bond motifs is 1. The molecule has 0 aliphatic carbocycles. The molecule has 0 aliphatic rings. The maximum atomic E-state index is 9.68. The summed E-state index contributed by atoms with van der Waals surface area (Å²) < 4.78 is 0. The highest BCUT2D eigenvalue weighted by molar-refractivity contribution is 5.85. The summed E-state index contributed by atoms with van der Waals surface area (Å²) in [6.45, 7) is 8.13. The molecule has 1 N–H and O–H groups in total. The van der Waals surface area contributed by atoms with E-state index >= 15 is 0 Å². The zero-order valence-electron chi connectivity index (χ0n) is 10.5. The van der Waals surface area contributed by atoms with Crippen LogP contribution in [0.5, 0.6) is 5.75 Å². The van der Waals surface area contributed by atoms with E-state index in [2.05, 4.69) is 32.0 Å². The number of rotatable bonds is 1. The van der Waals surface area contributed by atoms with E-state index in [1.54, 1.807) is 0 Å². The molecule has 1 nitrogen and oxygen atoms in total. The molecule has 2 rings (SSSR count). The molecule has 1 heteroatoms. The largest absolute Gasteiger partial charge is 0.508 e. The average molecular weight is 216 g/mol. The van der Waals surface area contributed by atoms with Crippen molar-refractivity contribution in [2.24, 2.45) is 0 Å². The van der Waals surface area contributed by atoms with Crippen LogP contribution in [0.15, 0.2) is 30.3 Å². The van der Waals surface area contributed by atoms with Crippen LogP contribution < -0.4 is 0 Å². The Morgan fingerprint density at radius 3 is 2.31 bits per heavy atom. The zero-order chi connectivity index (χ0) is 12.1. The topological polar surface area (TPSA) is 20.2 Å². The normalized spacial score (nSPS) is 9.75. The van der Waals surface area contributed by atoms with Gasteiger partial charge < -0.3 is 5.11 Å². The number of aryl methyl sites for hydroxylation is 2. The summed E-state index contributed by atoms with van der Waals surface area (Å²) in [5.41, 5.74) is 2.27. The minimum atomic E-state index is 0.406. The van der Waals surface area contributed by atoms with Crippen LogP contribution in [-0.2, 0) is 6.42 Å². The molecule has 0 spiro atoms. The summed E-state index contributed by atoms with van der Waals surface area (Å²) in [4.78, 5) is 0. The first kappa shape index (κ1) is 12.6. The van der Waals surface area contributed by atoms with Crippen LogP contribution in [-0.4, -0.2) is 5.11 Å². The molecule has 86 valence electrons. The Morgan fingerprint density at radius 1 is 1.00 bits per heavy atom. The molecule has 2 aromatic carbocycles. The predicted octanol–water partition coefficient (Wildman–Crippen LogP) is 4.44. The van der Waals surface area contributed by atoms with E-state index in [4.69, 9.17) is 0 Å². The van der Waals surface area contributed by atoms with Gasteiger partial charge in [-0.05, 0) is 41.8 Å². The first-order valence-corrected chi connectivity index (χ1v) is 5.93. The molecule has 0 radical (unpaired) electrons. The molecular weight excluding hydrogens is 196 g/mol. The molecule has 0 aromatic heterocycles. The van der Waals surface area contributed by atoms with Crippen molar-refractivity contribution in [3.63, 3.8) is 0 Å². The lowest BCUT2D eigenvalue weighted by Gasteiger charge is -2.05. The van der Waals surface area contributed by atoms with Crippen molar-refractivity contribution in [2.75, 3.05) is 0 Å². The van der Waals surface area contributed by atoms with E-state index in [0.717, 1.165) is 17.4 Å². The third-order valence-corrected chi connectivity index (χ3v) is 2.57. The molecule has 0 aliphatic heterocycles. The summed E-state index contributed by atoms with van der Waals surface area (Å²) in [5.74, 6) is 0.406. The number of phenols is 1. The quantitative estimate of drug-likeness (QED) is 0.747. The fourth-order valence-corrected chi connectivity index (χ4v) is 1.74. The van der Waals surface area contributed by atoms with Gasteiger partial charge in [0.2, 0.25) is 0 Å². The number of hydrogen-bond donors (Lipinski definition) is 1. The molecular formula is C15H20O. The lowest BCUT2D eigenvalue weighted by atomic mass is 10.0. The van der Waals surface area contributed by atoms with Gasteiger partial charge in [-0.1, -0.05) is 44.5 Å². The Morgan fingerprint density at radius 2 is 1.69 bits per heavy atom. The van der Waals surface area contributed by atoms with Crippen LogP contribution in [0.1, 0.15) is 31.9 Å². The summed E-state index contributed by atoms with van der Waals surface area (Å²) in [6.07, 6.45) is 0.871. The summed E-state index contributed by atoms with van der Waals surface area (Å²) in [7, 11) is 0. The lowest BCUT2D eigenvalue weighted by Crippen LogP contribution is -1.83. The molecule has 0 atom stereocenters. The number of benzene rings is 2. The minimum absolute atomic E-state index is 0.406. The van der Waals surface area contributed by atoms with Crippen molar-refractivity contribution in [1.82, 2.24) is 0 Å². The van der Waals surface area contributed by atoms with Gasteiger partial charge in [0.15, 0.2) is 0 Å². The standard InChI is InChI=1S/C13H14O.C2H6/c1-3-10-7-12-6-9(2)4-5-11(12)8-13(10)14;1-2/h4-8,14H,3H2,1-2H3;1-2H3. The Balaban J connectivity index is 0.000000606. The molecule has 0 bridgehead atoms. The molecule has 2 aromatic rings. The maximum absolute atomic E-state index is 9.68. The summed E-state index contributed by atoms with van der Waals surface area (Å²) in [6, 6.07) is 10.2. The number of hydrogen-bond acceptors (Lipinski definition) is 1. The highest BCUT2D eigenvalue weighted by Gasteiger charge is 2.01. The first-order valence-electron chi connectivity index (χ1n) is 5.93. The van der Waals surface area contributed by atoms with Gasteiger partial charge in [-0.3, -0.25) is 0 Å². The fourth-order valence-electron chi connectivity index (χ4n) is 1.74. The van der Waals surface area contributed by atoms with Crippen LogP contribution in [0, 0.1) is 6.92 Å². The van der Waals surface area contributed by atoms with Crippen LogP contribution in [0.2, 0.25) is 0 Å². The molecule has 0 saturated heterocycles. The highest BCUT2D eigenvalue weighted by atomic mass is 16.3. The minimum Gasteiger partial charge on any atom is -0.508 e. The van der Waals surface area contributed by atoms with Gasteiger partial charge in [0, 0.05) is 0 Å². The number of phenolic OH excluding ortho intramolecular Hbond substituents is 1. The predicted molar refractivity (Wildman–Crippen MR) is 71.1 cm³/mol. The van der Waals surface area contributed by atoms with Crippen molar-refractivity contribution < 1.29 is 5.11 Å². The Labute approximate surface area is 97.7 Å². The first-order chi connectivity index (χ1) is 7.70. The van der Waals surface area contributed by atoms with E-state index < -0.39 is 0 Å². The summed E-state index contributed by atoms with van der Waals surface area (Å²) in [5, 5.41) is 12.0. The highest BCUT2D eigenvalue weighted by Crippen LogP contribution is 2.25. The van der Waals surface area contributed by atoms with Gasteiger partial charge in [-0.2, -0.15) is 0 Å². The Bertz CT molecular complexity index is 472. The molecule has 0 saturated carbocycles. The third kappa shape index (κ3) is 2.54. The molecule has 0 unspecified atom stereocenters. The Hall–Kier alpha value is -1.50. The van der Waals surface area contributed by atoms with Crippen LogP contribution >= 0.6 is 0 Å². The third-order valence-electron chi connectivity index (χ3n) is 2.57. The monoisotopic (exact) mass is 216 g/mol. The molecule has 16 heavy (non-hydrogen) atoms. The van der Waals surface area contributed by atoms with E-state index in [9.17, 15) is 5.11 Å². The smallest absolute Gasteiger partial charge is 0.119 e. The average Bonchev–Trinajstić information content (AvgIpc) is 2.31. The van der Waals surface area contributed by atoms with Gasteiger partial charge in [-0.15, -0.1) is 0 Å². The van der Waals surface area contributed by atoms with E-state index in [1.165, 1.54) is 10.9 Å². The van der Waals surface area contributed by atoms with Crippen LogP contribution in [0.25, 0.3) is 10.8 Å². The van der Waals surface area contributed by atoms with Crippen molar-refractivity contribution in [1.29, 1.82) is 0 Å². The van der Waals surface area contributed by atoms with Crippen molar-refractivity contribution in [3.05, 3.63) is 41.5 Å². The number of aromatic hydroxyl groups is 1. The second-order valence-corrected chi connectivity index (χ2v) is 3.69. The van der Waals surface area contributed by atoms with E-state index in [0.29, 0.717) is 5.75 Å². The second-order valence-electron chi connectivity index (χ2n) is 3.69. The second kappa shape index (κ2) is 5.55. The maximum Gasteiger partial charge on any atom is 0.119 e. The van der Waals surface area contributed by atoms with Gasteiger partial charge in [0.1, 0.15) is 5.75 Å². The van der Waals surface area contributed by atoms with E-state index in [1.807, 2.05) is 26.0 Å². The molecule has 0 fully saturated rings. The SMILES string of the molecule is CC.CCc1cc2cc(C)ccc2cc1O. The summed E-state index contributed by atoms with van der Waals surface area (Å²) >= 11 is 0. The lowest BCUT2D eigenvalue weighted by molar-refractivity contribution is 0.470. The zero-order valence-corrected chi connectivity index (χ0v) is 10.5. The van der Waals surface area contributed by atoms with Crippen molar-refractivity contribution >= 4 is 10.8 Å². The van der Waals surface area contributed by atoms with Gasteiger partial charge in [0.05, 0.1) is 0 Å².